The zero-order chi connectivity index (χ0) is 16.4. The topological polar surface area (TPSA) is 76.4 Å². The van der Waals surface area contributed by atoms with Gasteiger partial charge in [-0.05, 0) is 37.5 Å². The molecule has 23 heavy (non-hydrogen) atoms. The molecule has 1 fully saturated rings. The summed E-state index contributed by atoms with van der Waals surface area (Å²) in [5, 5.41) is 14.5. The van der Waals surface area contributed by atoms with Crippen LogP contribution in [-0.2, 0) is 11.3 Å². The molecule has 0 amide bonds. The number of nitrogens with zero attached hydrogens (tertiary/aromatic N) is 4. The predicted octanol–water partition coefficient (Wildman–Crippen LogP) is 1.43. The average Bonchev–Trinajstić information content (AvgIpc) is 3.04. The Morgan fingerprint density at radius 1 is 1.26 bits per heavy atom. The molecule has 0 aromatic carbocycles. The number of nitrogens with one attached hydrogen (secondary N) is 2. The van der Waals surface area contributed by atoms with Crippen molar-refractivity contribution in [2.45, 2.75) is 45.1 Å². The Morgan fingerprint density at radius 3 is 2.65 bits per heavy atom. The molecule has 1 saturated carbocycles. The van der Waals surface area contributed by atoms with Crippen molar-refractivity contribution in [3.8, 4) is 0 Å². The molecule has 130 valence electrons. The van der Waals surface area contributed by atoms with Gasteiger partial charge in [0, 0.05) is 40.4 Å². The fourth-order valence-corrected chi connectivity index (χ4v) is 2.97. The molecule has 2 rings (SSSR count). The van der Waals surface area contributed by atoms with E-state index in [1.165, 1.54) is 19.3 Å². The number of hydrogen-bond acceptors (Lipinski definition) is 4. The van der Waals surface area contributed by atoms with E-state index >= 15 is 0 Å². The third-order valence-corrected chi connectivity index (χ3v) is 4.71. The van der Waals surface area contributed by atoms with Crippen molar-refractivity contribution in [3.05, 3.63) is 12.7 Å². The van der Waals surface area contributed by atoms with Gasteiger partial charge in [0.1, 0.15) is 12.7 Å². The van der Waals surface area contributed by atoms with Crippen LogP contribution >= 0.6 is 0 Å². The molecular weight excluding hydrogens is 292 g/mol. The highest BCUT2D eigenvalue weighted by Crippen LogP contribution is 2.43. The van der Waals surface area contributed by atoms with Crippen LogP contribution in [0.5, 0.6) is 0 Å². The number of methoxy groups -OCH3 is 1. The largest absolute Gasteiger partial charge is 0.385 e. The maximum absolute atomic E-state index is 5.24. The minimum Gasteiger partial charge on any atom is -0.385 e. The highest BCUT2D eigenvalue weighted by atomic mass is 16.5. The first-order valence-corrected chi connectivity index (χ1v) is 8.54. The standard InChI is InChI=1S/C16H30N6O/c1-17-15(18-9-3-4-10-22-13-20-21-14-22)19-12-16(6-5-7-16)8-11-23-2/h13-14H,3-12H2,1-2H3,(H2,17,18,19). The quantitative estimate of drug-likeness (QED) is 0.387. The zero-order valence-electron chi connectivity index (χ0n) is 14.4. The van der Waals surface area contributed by atoms with Crippen LogP contribution in [0.4, 0.5) is 0 Å². The number of aromatic nitrogens is 3. The van der Waals surface area contributed by atoms with Crippen LogP contribution in [0.15, 0.2) is 17.6 Å². The average molecular weight is 322 g/mol. The Kier molecular flexibility index (Phi) is 7.32. The third kappa shape index (κ3) is 5.82. The first-order valence-electron chi connectivity index (χ1n) is 8.54. The second-order valence-corrected chi connectivity index (χ2v) is 6.36. The third-order valence-electron chi connectivity index (χ3n) is 4.71. The molecule has 1 aliphatic carbocycles. The minimum atomic E-state index is 0.405. The van der Waals surface area contributed by atoms with Gasteiger partial charge in [-0.1, -0.05) is 6.42 Å². The summed E-state index contributed by atoms with van der Waals surface area (Å²) < 4.78 is 7.25. The van der Waals surface area contributed by atoms with Gasteiger partial charge >= 0.3 is 0 Å². The zero-order valence-corrected chi connectivity index (χ0v) is 14.4. The van der Waals surface area contributed by atoms with Gasteiger partial charge in [-0.3, -0.25) is 4.99 Å². The van der Waals surface area contributed by atoms with Crippen LogP contribution in [0.1, 0.15) is 38.5 Å². The Morgan fingerprint density at radius 2 is 2.04 bits per heavy atom. The molecule has 0 radical (unpaired) electrons. The van der Waals surface area contributed by atoms with E-state index in [2.05, 4.69) is 25.8 Å². The van der Waals surface area contributed by atoms with E-state index in [9.17, 15) is 0 Å². The Balaban J connectivity index is 1.59. The van der Waals surface area contributed by atoms with Gasteiger partial charge in [-0.25, -0.2) is 0 Å². The van der Waals surface area contributed by atoms with Crippen molar-refractivity contribution in [3.63, 3.8) is 0 Å². The molecule has 0 spiro atoms. The van der Waals surface area contributed by atoms with Gasteiger partial charge in [0.15, 0.2) is 5.96 Å². The van der Waals surface area contributed by atoms with Gasteiger partial charge < -0.3 is 19.9 Å². The molecule has 0 unspecified atom stereocenters. The minimum absolute atomic E-state index is 0.405. The maximum atomic E-state index is 5.24. The number of aryl methyl sites for hydroxylation is 1. The second kappa shape index (κ2) is 9.50. The number of ether oxygens (including phenoxy) is 1. The Bertz CT molecular complexity index is 455. The lowest BCUT2D eigenvalue weighted by atomic mass is 9.67. The predicted molar refractivity (Wildman–Crippen MR) is 91.4 cm³/mol. The molecule has 2 N–H and O–H groups in total. The lowest BCUT2D eigenvalue weighted by Crippen LogP contribution is -2.47. The summed E-state index contributed by atoms with van der Waals surface area (Å²) in [5.41, 5.74) is 0.405. The summed E-state index contributed by atoms with van der Waals surface area (Å²) in [6.45, 7) is 3.71. The monoisotopic (exact) mass is 322 g/mol. The van der Waals surface area contributed by atoms with Gasteiger partial charge in [0.05, 0.1) is 0 Å². The number of hydrogen-bond donors (Lipinski definition) is 2. The van der Waals surface area contributed by atoms with Crippen LogP contribution in [0.2, 0.25) is 0 Å². The number of aliphatic imine (C=N–C) groups is 1. The van der Waals surface area contributed by atoms with Gasteiger partial charge in [-0.15, -0.1) is 10.2 Å². The van der Waals surface area contributed by atoms with E-state index in [4.69, 9.17) is 4.74 Å². The van der Waals surface area contributed by atoms with Crippen LogP contribution < -0.4 is 10.6 Å². The summed E-state index contributed by atoms with van der Waals surface area (Å²) in [4.78, 5) is 4.32. The van der Waals surface area contributed by atoms with Crippen molar-refractivity contribution in [1.29, 1.82) is 0 Å². The Labute approximate surface area is 138 Å². The highest BCUT2D eigenvalue weighted by Gasteiger charge is 2.36. The molecular formula is C16H30N6O. The first kappa shape index (κ1) is 17.7. The van der Waals surface area contributed by atoms with Crippen LogP contribution in [-0.4, -0.2) is 54.6 Å². The normalized spacial score (nSPS) is 16.9. The number of unbranched alkanes of at least 4 members (excludes halogenated alkanes) is 1. The van der Waals surface area contributed by atoms with Gasteiger partial charge in [0.2, 0.25) is 0 Å². The van der Waals surface area contributed by atoms with E-state index in [1.54, 1.807) is 19.8 Å². The molecule has 7 nitrogen and oxygen atoms in total. The molecule has 0 aliphatic heterocycles. The van der Waals surface area contributed by atoms with Crippen LogP contribution in [0.3, 0.4) is 0 Å². The first-order chi connectivity index (χ1) is 11.3. The SMILES string of the molecule is CN=C(NCCCCn1cnnc1)NCC1(CCOC)CCC1. The van der Waals surface area contributed by atoms with Crippen molar-refractivity contribution in [2.75, 3.05) is 33.9 Å². The van der Waals surface area contributed by atoms with E-state index in [0.29, 0.717) is 5.41 Å². The van der Waals surface area contributed by atoms with Crippen molar-refractivity contribution in [1.82, 2.24) is 25.4 Å². The van der Waals surface area contributed by atoms with E-state index in [-0.39, 0.29) is 0 Å². The van der Waals surface area contributed by atoms with Gasteiger partial charge in [0.25, 0.3) is 0 Å². The maximum Gasteiger partial charge on any atom is 0.190 e. The summed E-state index contributed by atoms with van der Waals surface area (Å²) >= 11 is 0. The molecule has 0 bridgehead atoms. The van der Waals surface area contributed by atoms with E-state index in [0.717, 1.165) is 51.5 Å². The molecule has 1 aromatic rings. The fraction of sp³-hybridized carbons (Fsp3) is 0.812. The smallest absolute Gasteiger partial charge is 0.190 e. The Hall–Kier alpha value is -1.63. The second-order valence-electron chi connectivity index (χ2n) is 6.36. The lowest BCUT2D eigenvalue weighted by Gasteiger charge is -2.42. The van der Waals surface area contributed by atoms with Crippen molar-refractivity contribution < 1.29 is 4.74 Å². The molecule has 0 atom stereocenters. The lowest BCUT2D eigenvalue weighted by molar-refractivity contribution is 0.0732. The summed E-state index contributed by atoms with van der Waals surface area (Å²) in [6.07, 6.45) is 10.7. The highest BCUT2D eigenvalue weighted by molar-refractivity contribution is 5.79. The van der Waals surface area contributed by atoms with E-state index in [1.807, 2.05) is 11.6 Å². The van der Waals surface area contributed by atoms with E-state index < -0.39 is 0 Å². The number of rotatable bonds is 10. The summed E-state index contributed by atoms with van der Waals surface area (Å²) in [7, 11) is 3.61. The molecule has 0 saturated heterocycles. The molecule has 1 aromatic heterocycles. The molecule has 1 aliphatic rings. The summed E-state index contributed by atoms with van der Waals surface area (Å²) in [6, 6.07) is 0. The fourth-order valence-electron chi connectivity index (χ4n) is 2.97. The molecule has 1 heterocycles. The van der Waals surface area contributed by atoms with Crippen molar-refractivity contribution >= 4 is 5.96 Å². The van der Waals surface area contributed by atoms with Crippen molar-refractivity contribution in [2.24, 2.45) is 10.4 Å². The van der Waals surface area contributed by atoms with Gasteiger partial charge in [-0.2, -0.15) is 0 Å². The molecule has 7 heteroatoms. The van der Waals surface area contributed by atoms with Crippen LogP contribution in [0, 0.1) is 5.41 Å². The number of guanidine groups is 1. The van der Waals surface area contributed by atoms with Crippen LogP contribution in [0.25, 0.3) is 0 Å². The summed E-state index contributed by atoms with van der Waals surface area (Å²) in [5.74, 6) is 0.901.